The summed E-state index contributed by atoms with van der Waals surface area (Å²) < 4.78 is 55.0. The third-order valence-corrected chi connectivity index (χ3v) is 23.1. The fourth-order valence-electron chi connectivity index (χ4n) is 14.7. The third kappa shape index (κ3) is 27.4. The van der Waals surface area contributed by atoms with Crippen molar-refractivity contribution in [2.75, 3.05) is 5.73 Å². The van der Waals surface area contributed by atoms with Crippen LogP contribution in [-0.2, 0) is 63.9 Å². The molecule has 32 heteroatoms. The first-order chi connectivity index (χ1) is 64.9. The summed E-state index contributed by atoms with van der Waals surface area (Å²) in [6, 6.07) is 41.6. The molecule has 4 aromatic heterocycles. The first-order valence-electron chi connectivity index (χ1n) is 43.8. The Kier molecular flexibility index (Phi) is 34.3. The number of nitrogen functional groups attached to an aromatic ring is 1. The Morgan fingerprint density at radius 3 is 1.14 bits per heavy atom. The number of benzene rings is 8. The molecule has 0 spiro atoms. The number of aromatic carboxylic acids is 1. The SMILES string of the molecule is C=C(Cc1c(O)c2ccc(OC3OC(C)(C)[C@H](C)[C@H](OC(N)=O)[C@@H]3O)cc2oc1=O)c1ccc(O)c(CC=C(C)C)c1.CC(C)=CCc1cc(C(=O)Cc2cc3ccc(O)cc3oc2=O)ccc1O.CC(C)=CCc1cc(C(=O)Cc2cc3ccc(OC4OC(C)(C)[C@H](C)[C@H](OC(N)=O)[C@@H]4O)cc3oc2=O)ccc1O.CC(C)=CCc1cc(C(=O)O)ccc1O.Nc1cc2ccc(O)cc2oc1=O. The number of ether oxygens (including phenoxy) is 6. The van der Waals surface area contributed by atoms with Gasteiger partial charge in [-0.15, -0.1) is 0 Å². The highest BCUT2D eigenvalue weighted by Crippen LogP contribution is 2.41. The minimum absolute atomic E-state index is 0.00228. The van der Waals surface area contributed by atoms with Crippen molar-refractivity contribution in [1.29, 1.82) is 0 Å². The summed E-state index contributed by atoms with van der Waals surface area (Å²) in [5.41, 5.74) is 22.2. The number of fused-ring (bicyclic) bond motifs is 4. The molecule has 0 bridgehead atoms. The number of aliphatic hydroxyl groups excluding tert-OH is 2. The maximum absolute atomic E-state index is 13.0. The van der Waals surface area contributed by atoms with Crippen LogP contribution in [0.15, 0.2) is 254 Å². The lowest BCUT2D eigenvalue weighted by Crippen LogP contribution is -2.60. The highest BCUT2D eigenvalue weighted by Gasteiger charge is 2.52. The highest BCUT2D eigenvalue weighted by molar-refractivity contribution is 5.99. The van der Waals surface area contributed by atoms with Gasteiger partial charge >= 0.3 is 40.7 Å². The molecule has 12 aromatic rings. The van der Waals surface area contributed by atoms with E-state index in [-0.39, 0.29) is 139 Å². The number of carbonyl (C=O) groups excluding carboxylic acids is 4. The fourth-order valence-corrected chi connectivity index (χ4v) is 14.7. The molecule has 16 N–H and O–H groups in total. The molecule has 6 heterocycles. The molecule has 32 nitrogen and oxygen atoms in total. The van der Waals surface area contributed by atoms with Gasteiger partial charge in [-0.1, -0.05) is 73.1 Å². The largest absolute Gasteiger partial charge is 0.508 e. The molecule has 726 valence electrons. The predicted molar refractivity (Wildman–Crippen MR) is 518 cm³/mol. The van der Waals surface area contributed by atoms with Gasteiger partial charge in [0.25, 0.3) is 0 Å². The number of nitrogens with two attached hydrogens (primary N) is 3. The summed E-state index contributed by atoms with van der Waals surface area (Å²) in [6.45, 7) is 30.4. The van der Waals surface area contributed by atoms with Gasteiger partial charge in [0.2, 0.25) is 12.6 Å². The number of hydrogen-bond donors (Lipinski definition) is 13. The molecule has 138 heavy (non-hydrogen) atoms. The molecule has 2 fully saturated rings. The molecule has 8 atom stereocenters. The van der Waals surface area contributed by atoms with E-state index in [1.54, 1.807) is 108 Å². The van der Waals surface area contributed by atoms with Crippen LogP contribution in [0.5, 0.6) is 51.7 Å². The van der Waals surface area contributed by atoms with E-state index in [0.717, 1.165) is 33.4 Å². The molecule has 2 aliphatic rings. The Balaban J connectivity index is 0.000000189. The van der Waals surface area contributed by atoms with Crippen LogP contribution in [0, 0.1) is 11.8 Å². The van der Waals surface area contributed by atoms with Gasteiger partial charge in [-0.3, -0.25) is 9.59 Å². The van der Waals surface area contributed by atoms with Gasteiger partial charge in [-0.25, -0.2) is 33.6 Å². The second kappa shape index (κ2) is 45.2. The monoisotopic (exact) mass is 1890 g/mol. The van der Waals surface area contributed by atoms with Gasteiger partial charge in [0.15, 0.2) is 23.8 Å². The number of ketones is 2. The molecule has 2 unspecified atom stereocenters. The number of carbonyl (C=O) groups is 5. The predicted octanol–water partition coefficient (Wildman–Crippen LogP) is 17.2. The van der Waals surface area contributed by atoms with Gasteiger partial charge in [0, 0.05) is 93.8 Å². The number of phenolic OH excluding ortho intramolecular Hbond substituents is 6. The lowest BCUT2D eigenvalue weighted by molar-refractivity contribution is -0.284. The summed E-state index contributed by atoms with van der Waals surface area (Å²) in [6.07, 6.45) is 0.602. The smallest absolute Gasteiger partial charge is 0.404 e. The van der Waals surface area contributed by atoms with Crippen molar-refractivity contribution in [3.05, 3.63) is 320 Å². The normalized spacial score (nSPS) is 17.1. The average Bonchev–Trinajstić information content (AvgIpc) is 0.756. The summed E-state index contributed by atoms with van der Waals surface area (Å²) in [5, 5.41) is 102. The number of carboxylic acids is 1. The minimum atomic E-state index is -1.35. The van der Waals surface area contributed by atoms with Gasteiger partial charge < -0.3 is 114 Å². The van der Waals surface area contributed by atoms with Crippen molar-refractivity contribution in [2.24, 2.45) is 23.3 Å². The molecule has 0 aliphatic carbocycles. The van der Waals surface area contributed by atoms with Gasteiger partial charge in [0.1, 0.15) is 92.0 Å². The second-order valence-electron chi connectivity index (χ2n) is 35.5. The van der Waals surface area contributed by atoms with Crippen LogP contribution in [-0.4, -0.2) is 129 Å². The number of allylic oxidation sites excluding steroid dienone is 9. The van der Waals surface area contributed by atoms with E-state index in [9.17, 15) is 84.0 Å². The van der Waals surface area contributed by atoms with E-state index < -0.39 is 94.8 Å². The topological polar surface area (TPSA) is 542 Å². The van der Waals surface area contributed by atoms with Crippen molar-refractivity contribution < 1.29 is 121 Å². The number of Topliss-reactive ketones (excluding diaryl/α,β-unsaturated/α-hetero) is 2. The lowest BCUT2D eigenvalue weighted by Gasteiger charge is -2.47. The number of primary amides is 2. The number of carboxylic acid groups (broad SMARTS) is 1. The van der Waals surface area contributed by atoms with Crippen molar-refractivity contribution in [2.45, 2.75) is 190 Å². The van der Waals surface area contributed by atoms with Gasteiger partial charge in [-0.2, -0.15) is 0 Å². The maximum atomic E-state index is 13.0. The zero-order valence-corrected chi connectivity index (χ0v) is 78.6. The molecule has 0 radical (unpaired) electrons. The van der Waals surface area contributed by atoms with Crippen LogP contribution in [0.2, 0.25) is 0 Å². The zero-order valence-electron chi connectivity index (χ0n) is 78.6. The van der Waals surface area contributed by atoms with Crippen LogP contribution in [0.3, 0.4) is 0 Å². The maximum Gasteiger partial charge on any atom is 0.404 e. The Bertz CT molecular complexity index is 6990. The molecule has 2 saturated heterocycles. The average molecular weight is 1890 g/mol. The molecule has 0 saturated carbocycles. The summed E-state index contributed by atoms with van der Waals surface area (Å²) in [4.78, 5) is 108. The number of rotatable bonds is 24. The number of anilines is 1. The standard InChI is InChI=1S/C32H37NO9.C31H35NO9.C22H20O5.C12H14O3.C9H7NO3/c1-16(2)7-8-20-14-19(9-12-24(20)34)17(3)13-23-26(35)22-11-10-21(15-25(22)40-29(23)37)39-30-27(36)28(41-31(33)38)18(4)32(5,6)42-30;1-16(2)6-7-18-12-19(9-11-23(18)33)24(34)14-21-13-20-8-10-22(15-25(20)39-28(21)36)38-29-26(35)27(40-30(32)37)17(3)31(4,5)41-29;1-13(2)3-4-14-9-15(6-8-19(14)24)20(25)11-17-10-16-5-7-18(23)12-21(16)27-22(17)26;1-8(2)3-4-9-7-10(12(14)15)5-6-11(9)13;10-7-3-5-1-2-6(11)4-8(5)13-9(7)12/h7,9-12,14-15,18,27-28,30,34-36H,3,8,13H2,1-2,4-6H3,(H2,33,38);6,8-13,15,17,26-27,29,33,35H,7,14H2,1-5H3,(H2,32,37);3,5-10,12,23-24H,4,11H2,1-2H3;3,5-7,13H,4H2,1-2H3,(H,14,15);1-4,11H,10H2/t18-,27+,28+,30?;17-,26+,27+,29?;;;/m11.../s1. The Morgan fingerprint density at radius 2 is 0.746 bits per heavy atom. The molecule has 14 rings (SSSR count). The van der Waals surface area contributed by atoms with Crippen LogP contribution >= 0.6 is 0 Å². The van der Waals surface area contributed by atoms with E-state index in [1.165, 1.54) is 91.0 Å². The minimum Gasteiger partial charge on any atom is -0.508 e. The van der Waals surface area contributed by atoms with Crippen LogP contribution in [0.4, 0.5) is 15.3 Å². The molecule has 8 aromatic carbocycles. The van der Waals surface area contributed by atoms with E-state index in [1.807, 2.05) is 85.8 Å². The van der Waals surface area contributed by atoms with Gasteiger partial charge in [0.05, 0.1) is 27.7 Å². The van der Waals surface area contributed by atoms with Crippen LogP contribution < -0.4 is 49.2 Å². The van der Waals surface area contributed by atoms with Crippen LogP contribution in [0.1, 0.15) is 173 Å². The van der Waals surface area contributed by atoms with E-state index in [0.29, 0.717) is 80.8 Å². The second-order valence-corrected chi connectivity index (χ2v) is 35.5. The van der Waals surface area contributed by atoms with Crippen LogP contribution in [0.25, 0.3) is 49.5 Å². The summed E-state index contributed by atoms with van der Waals surface area (Å²) >= 11 is 0. The van der Waals surface area contributed by atoms with E-state index in [4.69, 9.17) is 73.5 Å². The zero-order chi connectivity index (χ0) is 101. The quantitative estimate of drug-likeness (QED) is 0.0152. The highest BCUT2D eigenvalue weighted by atomic mass is 16.7. The first-order valence-corrected chi connectivity index (χ1v) is 43.8. The van der Waals surface area contributed by atoms with Crippen molar-refractivity contribution >= 4 is 84.9 Å². The number of phenols is 6. The first kappa shape index (κ1) is 105. The Hall–Kier alpha value is -15.5. The molecule has 2 aliphatic heterocycles. The van der Waals surface area contributed by atoms with Crippen molar-refractivity contribution in [1.82, 2.24) is 0 Å². The lowest BCUT2D eigenvalue weighted by atomic mass is 9.82. The molecule has 2 amide bonds. The summed E-state index contributed by atoms with van der Waals surface area (Å²) in [7, 11) is 0. The number of aliphatic hydroxyl groups is 2. The number of hydrogen-bond acceptors (Lipinski definition) is 29. The third-order valence-electron chi connectivity index (χ3n) is 23.1. The number of amides is 2. The Labute approximate surface area is 792 Å². The van der Waals surface area contributed by atoms with E-state index >= 15 is 0 Å². The molecular weight excluding hydrogens is 1780 g/mol. The summed E-state index contributed by atoms with van der Waals surface area (Å²) in [5.74, 6) is -1.53. The van der Waals surface area contributed by atoms with Gasteiger partial charge in [-0.05, 0) is 276 Å². The Morgan fingerprint density at radius 1 is 0.406 bits per heavy atom. The van der Waals surface area contributed by atoms with Crippen molar-refractivity contribution in [3.63, 3.8) is 0 Å². The number of aromatic hydroxyl groups is 7. The fraction of sp³-hybridized carbons (Fsp3) is 0.292. The van der Waals surface area contributed by atoms with Crippen molar-refractivity contribution in [3.8, 4) is 51.7 Å². The van der Waals surface area contributed by atoms with E-state index in [2.05, 4.69) is 6.58 Å². The molecular formula is C106H113N3O29.